The Bertz CT molecular complexity index is 712. The van der Waals surface area contributed by atoms with Gasteiger partial charge in [-0.25, -0.2) is 0 Å². The van der Waals surface area contributed by atoms with Crippen molar-refractivity contribution in [2.75, 3.05) is 0 Å². The minimum atomic E-state index is 0.939. The Labute approximate surface area is 126 Å². The van der Waals surface area contributed by atoms with Crippen LogP contribution < -0.4 is 0 Å². The molecular formula is C17H13BrN2. The van der Waals surface area contributed by atoms with Crippen LogP contribution in [0.15, 0.2) is 82.4 Å². The Morgan fingerprint density at radius 2 is 1.60 bits per heavy atom. The fourth-order valence-corrected chi connectivity index (χ4v) is 2.26. The van der Waals surface area contributed by atoms with Crippen molar-refractivity contribution in [3.8, 4) is 5.69 Å². The molecule has 20 heavy (non-hydrogen) atoms. The average molecular weight is 325 g/mol. The van der Waals surface area contributed by atoms with Gasteiger partial charge in [-0.1, -0.05) is 34.1 Å². The highest BCUT2D eigenvalue weighted by Gasteiger charge is 2.00. The Morgan fingerprint density at radius 1 is 0.850 bits per heavy atom. The Balaban J connectivity index is 1.89. The van der Waals surface area contributed by atoms with Gasteiger partial charge in [-0.2, -0.15) is 0 Å². The topological polar surface area (TPSA) is 17.3 Å². The van der Waals surface area contributed by atoms with Gasteiger partial charge < -0.3 is 4.57 Å². The number of benzene rings is 2. The zero-order chi connectivity index (χ0) is 13.8. The van der Waals surface area contributed by atoms with Crippen LogP contribution >= 0.6 is 15.9 Å². The SMILES string of the molecule is Brc1ccc(N=Cc2cccn2-c2ccccc2)cc1. The maximum atomic E-state index is 4.51. The van der Waals surface area contributed by atoms with Gasteiger partial charge in [0.25, 0.3) is 0 Å². The summed E-state index contributed by atoms with van der Waals surface area (Å²) in [6, 6.07) is 22.3. The summed E-state index contributed by atoms with van der Waals surface area (Å²) in [5, 5.41) is 0. The van der Waals surface area contributed by atoms with Gasteiger partial charge >= 0.3 is 0 Å². The summed E-state index contributed by atoms with van der Waals surface area (Å²) in [7, 11) is 0. The molecule has 0 spiro atoms. The zero-order valence-corrected chi connectivity index (χ0v) is 12.4. The van der Waals surface area contributed by atoms with Crippen molar-refractivity contribution in [1.29, 1.82) is 0 Å². The van der Waals surface area contributed by atoms with Gasteiger partial charge in [0.15, 0.2) is 0 Å². The summed E-state index contributed by atoms with van der Waals surface area (Å²) in [4.78, 5) is 4.51. The first-order chi connectivity index (χ1) is 9.83. The molecule has 98 valence electrons. The molecule has 0 unspecified atom stereocenters. The van der Waals surface area contributed by atoms with E-state index in [9.17, 15) is 0 Å². The van der Waals surface area contributed by atoms with Crippen LogP contribution in [-0.2, 0) is 0 Å². The molecule has 3 aromatic rings. The highest BCUT2D eigenvalue weighted by atomic mass is 79.9. The number of aliphatic imine (C=N–C) groups is 1. The lowest BCUT2D eigenvalue weighted by atomic mass is 10.3. The van der Waals surface area contributed by atoms with Crippen LogP contribution in [0.2, 0.25) is 0 Å². The van der Waals surface area contributed by atoms with Gasteiger partial charge in [0.2, 0.25) is 0 Å². The van der Waals surface area contributed by atoms with E-state index < -0.39 is 0 Å². The summed E-state index contributed by atoms with van der Waals surface area (Å²) in [5.41, 5.74) is 3.13. The van der Waals surface area contributed by atoms with Crippen LogP contribution in [0.4, 0.5) is 5.69 Å². The molecular weight excluding hydrogens is 312 g/mol. The second-order valence-corrected chi connectivity index (χ2v) is 5.29. The molecule has 0 fully saturated rings. The van der Waals surface area contributed by atoms with E-state index in [4.69, 9.17) is 0 Å². The monoisotopic (exact) mass is 324 g/mol. The summed E-state index contributed by atoms with van der Waals surface area (Å²) in [6.45, 7) is 0. The van der Waals surface area contributed by atoms with E-state index in [2.05, 4.69) is 43.7 Å². The Hall–Kier alpha value is -2.13. The van der Waals surface area contributed by atoms with E-state index in [1.165, 1.54) is 0 Å². The number of aromatic nitrogens is 1. The molecule has 3 heteroatoms. The fraction of sp³-hybridized carbons (Fsp3) is 0. The van der Waals surface area contributed by atoms with Crippen LogP contribution in [0.1, 0.15) is 5.69 Å². The second kappa shape index (κ2) is 5.88. The van der Waals surface area contributed by atoms with Crippen LogP contribution in [0.3, 0.4) is 0 Å². The number of hydrogen-bond acceptors (Lipinski definition) is 1. The van der Waals surface area contributed by atoms with Crippen molar-refractivity contribution in [1.82, 2.24) is 4.57 Å². The minimum absolute atomic E-state index is 0.939. The quantitative estimate of drug-likeness (QED) is 0.604. The highest BCUT2D eigenvalue weighted by Crippen LogP contribution is 2.17. The lowest BCUT2D eigenvalue weighted by Gasteiger charge is -2.05. The van der Waals surface area contributed by atoms with E-state index in [1.807, 2.05) is 60.9 Å². The molecule has 0 aliphatic carbocycles. The molecule has 0 saturated carbocycles. The van der Waals surface area contributed by atoms with Crippen LogP contribution in [0, 0.1) is 0 Å². The lowest BCUT2D eigenvalue weighted by Crippen LogP contribution is -1.97. The number of halogens is 1. The summed E-state index contributed by atoms with van der Waals surface area (Å²) in [6.07, 6.45) is 3.93. The van der Waals surface area contributed by atoms with Crippen molar-refractivity contribution < 1.29 is 0 Å². The van der Waals surface area contributed by atoms with Crippen molar-refractivity contribution in [3.63, 3.8) is 0 Å². The number of para-hydroxylation sites is 1. The Morgan fingerprint density at radius 3 is 2.35 bits per heavy atom. The van der Waals surface area contributed by atoms with Gasteiger partial charge in [0.1, 0.15) is 0 Å². The summed E-state index contributed by atoms with van der Waals surface area (Å²) >= 11 is 3.42. The molecule has 0 amide bonds. The van der Waals surface area contributed by atoms with Crippen LogP contribution in [0.5, 0.6) is 0 Å². The molecule has 0 aliphatic heterocycles. The molecule has 0 bridgehead atoms. The standard InChI is InChI=1S/C17H13BrN2/c18-14-8-10-15(11-9-14)19-13-17-7-4-12-20(17)16-5-2-1-3-6-16/h1-13H. The molecule has 0 saturated heterocycles. The molecule has 3 rings (SSSR count). The Kier molecular flexibility index (Phi) is 3.79. The molecule has 1 aromatic heterocycles. The molecule has 1 heterocycles. The molecule has 0 N–H and O–H groups in total. The fourth-order valence-electron chi connectivity index (χ4n) is 1.99. The van der Waals surface area contributed by atoms with E-state index in [-0.39, 0.29) is 0 Å². The van der Waals surface area contributed by atoms with E-state index >= 15 is 0 Å². The largest absolute Gasteiger partial charge is 0.316 e. The van der Waals surface area contributed by atoms with Gasteiger partial charge in [-0.3, -0.25) is 4.99 Å². The van der Waals surface area contributed by atoms with Gasteiger partial charge in [-0.15, -0.1) is 0 Å². The molecule has 0 aliphatic rings. The van der Waals surface area contributed by atoms with Gasteiger partial charge in [0.05, 0.1) is 17.6 Å². The lowest BCUT2D eigenvalue weighted by molar-refractivity contribution is 1.07. The number of hydrogen-bond donors (Lipinski definition) is 0. The third-order valence-electron chi connectivity index (χ3n) is 2.99. The normalized spacial score (nSPS) is 11.1. The molecule has 0 radical (unpaired) electrons. The highest BCUT2D eigenvalue weighted by molar-refractivity contribution is 9.10. The van der Waals surface area contributed by atoms with E-state index in [0.29, 0.717) is 0 Å². The molecule has 0 atom stereocenters. The van der Waals surface area contributed by atoms with E-state index in [1.54, 1.807) is 0 Å². The first-order valence-electron chi connectivity index (χ1n) is 6.35. The van der Waals surface area contributed by atoms with Crippen molar-refractivity contribution in [2.45, 2.75) is 0 Å². The molecule has 2 nitrogen and oxygen atoms in total. The summed E-state index contributed by atoms with van der Waals surface area (Å²) < 4.78 is 3.17. The van der Waals surface area contributed by atoms with Crippen molar-refractivity contribution in [2.24, 2.45) is 4.99 Å². The minimum Gasteiger partial charge on any atom is -0.316 e. The number of nitrogens with zero attached hydrogens (tertiary/aromatic N) is 2. The third-order valence-corrected chi connectivity index (χ3v) is 3.52. The van der Waals surface area contributed by atoms with E-state index in [0.717, 1.165) is 21.5 Å². The smallest absolute Gasteiger partial charge is 0.0639 e. The predicted octanol–water partition coefficient (Wildman–Crippen LogP) is 4.99. The predicted molar refractivity (Wildman–Crippen MR) is 87.2 cm³/mol. The first-order valence-corrected chi connectivity index (χ1v) is 7.15. The summed E-state index contributed by atoms with van der Waals surface area (Å²) in [5.74, 6) is 0. The third kappa shape index (κ3) is 2.89. The van der Waals surface area contributed by atoms with Crippen LogP contribution in [-0.4, -0.2) is 10.8 Å². The maximum Gasteiger partial charge on any atom is 0.0639 e. The average Bonchev–Trinajstić information content (AvgIpc) is 2.96. The maximum absolute atomic E-state index is 4.51. The number of rotatable bonds is 3. The second-order valence-electron chi connectivity index (χ2n) is 4.37. The van der Waals surface area contributed by atoms with Gasteiger partial charge in [-0.05, 0) is 48.5 Å². The van der Waals surface area contributed by atoms with Gasteiger partial charge in [0, 0.05) is 16.4 Å². The molecule has 2 aromatic carbocycles. The van der Waals surface area contributed by atoms with Crippen molar-refractivity contribution in [3.05, 3.63) is 83.1 Å². The van der Waals surface area contributed by atoms with Crippen molar-refractivity contribution >= 4 is 27.8 Å². The zero-order valence-electron chi connectivity index (χ0n) is 10.8. The van der Waals surface area contributed by atoms with Crippen LogP contribution in [0.25, 0.3) is 5.69 Å². The first kappa shape index (κ1) is 12.9.